The quantitative estimate of drug-likeness (QED) is 0.0274. The summed E-state index contributed by atoms with van der Waals surface area (Å²) in [5.41, 5.74) is 14.8. The maximum absolute atomic E-state index is 14.3. The van der Waals surface area contributed by atoms with Gasteiger partial charge >= 0.3 is 0 Å². The summed E-state index contributed by atoms with van der Waals surface area (Å²) >= 11 is 4.27. The summed E-state index contributed by atoms with van der Waals surface area (Å²) in [6.07, 6.45) is 7.60. The Labute approximate surface area is 343 Å². The Morgan fingerprint density at radius 3 is 2.05 bits per heavy atom. The summed E-state index contributed by atoms with van der Waals surface area (Å²) < 4.78 is 0. The molecule has 0 aliphatic heterocycles. The second-order valence-corrected chi connectivity index (χ2v) is 14.8. The molecule has 0 aliphatic rings. The zero-order valence-corrected chi connectivity index (χ0v) is 33.8. The van der Waals surface area contributed by atoms with Crippen LogP contribution in [0.1, 0.15) is 56.4 Å². The Morgan fingerprint density at radius 1 is 0.776 bits per heavy atom. The van der Waals surface area contributed by atoms with Gasteiger partial charge in [-0.3, -0.25) is 24.0 Å². The number of rotatable bonds is 24. The first-order valence-electron chi connectivity index (χ1n) is 19.6. The van der Waals surface area contributed by atoms with Crippen LogP contribution in [0, 0.1) is 5.92 Å². The number of hydrogen-bond acceptors (Lipinski definition) is 10. The Kier molecular flexibility index (Phi) is 17.9. The predicted octanol–water partition coefficient (Wildman–Crippen LogP) is 0.974. The summed E-state index contributed by atoms with van der Waals surface area (Å²) in [6, 6.07) is 10.2. The van der Waals surface area contributed by atoms with E-state index in [2.05, 4.69) is 54.2 Å². The van der Waals surface area contributed by atoms with E-state index in [0.717, 1.165) is 22.0 Å². The molecule has 0 radical (unpaired) electrons. The summed E-state index contributed by atoms with van der Waals surface area (Å²) in [7, 11) is 0. The smallest absolute Gasteiger partial charge is 0.244 e. The van der Waals surface area contributed by atoms with Crippen LogP contribution in [0.4, 0.5) is 0 Å². The van der Waals surface area contributed by atoms with Gasteiger partial charge in [0.25, 0.3) is 0 Å². The van der Waals surface area contributed by atoms with Crippen LogP contribution in [0.5, 0.6) is 0 Å². The molecular weight excluding hydrogens is 761 g/mol. The van der Waals surface area contributed by atoms with Gasteiger partial charge in [0.1, 0.15) is 30.5 Å². The van der Waals surface area contributed by atoms with Gasteiger partial charge in [0.05, 0.1) is 18.4 Å². The topological polar surface area (TPSA) is 259 Å². The van der Waals surface area contributed by atoms with Gasteiger partial charge < -0.3 is 52.8 Å². The second-order valence-electron chi connectivity index (χ2n) is 14.4. The van der Waals surface area contributed by atoms with Crippen molar-refractivity contribution in [1.29, 1.82) is 0 Å². The van der Waals surface area contributed by atoms with E-state index in [4.69, 9.17) is 11.5 Å². The number of para-hydroxylation sites is 1. The van der Waals surface area contributed by atoms with Crippen molar-refractivity contribution in [3.05, 3.63) is 90.1 Å². The van der Waals surface area contributed by atoms with E-state index in [1.54, 1.807) is 36.7 Å². The highest BCUT2D eigenvalue weighted by Crippen LogP contribution is 2.20. The van der Waals surface area contributed by atoms with E-state index in [9.17, 15) is 28.8 Å². The van der Waals surface area contributed by atoms with Crippen molar-refractivity contribution in [2.45, 2.75) is 95.0 Å². The summed E-state index contributed by atoms with van der Waals surface area (Å²) in [4.78, 5) is 90.9. The minimum Gasteiger partial charge on any atom is -0.361 e. The third kappa shape index (κ3) is 13.3. The molecule has 0 bridgehead atoms. The lowest BCUT2D eigenvalue weighted by molar-refractivity contribution is -0.134. The predicted molar refractivity (Wildman–Crippen MR) is 224 cm³/mol. The minimum absolute atomic E-state index is 0.0523. The number of carbonyl (C=O) groups excluding carboxylic acids is 6. The molecule has 5 amide bonds. The van der Waals surface area contributed by atoms with Gasteiger partial charge in [-0.1, -0.05) is 68.8 Å². The number of nitrogens with one attached hydrogen (secondary N) is 7. The van der Waals surface area contributed by atoms with Gasteiger partial charge in [0, 0.05) is 54.0 Å². The van der Waals surface area contributed by atoms with Gasteiger partial charge in [0.15, 0.2) is 0 Å². The van der Waals surface area contributed by atoms with Crippen LogP contribution in [-0.2, 0) is 48.0 Å². The Balaban J connectivity index is 1.57. The number of carbonyl (C=O) groups is 6. The van der Waals surface area contributed by atoms with Gasteiger partial charge in [0.2, 0.25) is 29.5 Å². The molecule has 312 valence electrons. The van der Waals surface area contributed by atoms with Gasteiger partial charge in [-0.05, 0) is 48.9 Å². The summed E-state index contributed by atoms with van der Waals surface area (Å²) in [5, 5.41) is 14.7. The molecule has 16 nitrogen and oxygen atoms in total. The Bertz CT molecular complexity index is 1940. The van der Waals surface area contributed by atoms with E-state index in [0.29, 0.717) is 37.8 Å². The number of thiol groups is 1. The lowest BCUT2D eigenvalue weighted by atomic mass is 9.98. The number of H-pyrrole nitrogens is 2. The first kappa shape index (κ1) is 45.2. The maximum atomic E-state index is 14.3. The monoisotopic (exact) mass is 816 g/mol. The van der Waals surface area contributed by atoms with Crippen molar-refractivity contribution in [2.24, 2.45) is 17.4 Å². The molecule has 4 rings (SSSR count). The van der Waals surface area contributed by atoms with Gasteiger partial charge in [-0.2, -0.15) is 12.6 Å². The number of hydrogen-bond donors (Lipinski definition) is 10. The first-order chi connectivity index (χ1) is 28.0. The number of benzene rings is 2. The number of fused-ring (bicyclic) bond motifs is 1. The van der Waals surface area contributed by atoms with Crippen molar-refractivity contribution < 1.29 is 28.8 Å². The lowest BCUT2D eigenvalue weighted by Gasteiger charge is -2.27. The van der Waals surface area contributed by atoms with E-state index in [1.807, 2.05) is 44.2 Å². The SMILES string of the molecule is CC[C@H](C)[C@@H](C=O)NC(=O)[C@H](Cc1c[nH]c2ccccc12)NC(=O)[C@H](Cc1ccccc1)NC(=O)[C@H](CCCCN)NC(=O)[C@H](CS)NC(=O)[C@@H](N)Cc1cnc[nH]1. The van der Waals surface area contributed by atoms with Crippen molar-refractivity contribution in [3.63, 3.8) is 0 Å². The third-order valence-electron chi connectivity index (χ3n) is 10.1. The number of nitrogens with zero attached hydrogens (tertiary/aromatic N) is 1. The van der Waals surface area contributed by atoms with E-state index < -0.39 is 65.8 Å². The lowest BCUT2D eigenvalue weighted by Crippen LogP contribution is -2.60. The third-order valence-corrected chi connectivity index (χ3v) is 10.5. The van der Waals surface area contributed by atoms with Crippen LogP contribution in [0.2, 0.25) is 0 Å². The average Bonchev–Trinajstić information content (AvgIpc) is 3.90. The van der Waals surface area contributed by atoms with E-state index in [-0.39, 0.29) is 37.4 Å². The molecule has 0 unspecified atom stereocenters. The number of unbranched alkanes of at least 4 members (excludes halogenated alkanes) is 1. The highest BCUT2D eigenvalue weighted by atomic mass is 32.1. The van der Waals surface area contributed by atoms with Crippen LogP contribution in [0.15, 0.2) is 73.3 Å². The molecule has 0 spiro atoms. The molecule has 0 saturated carbocycles. The summed E-state index contributed by atoms with van der Waals surface area (Å²) in [6.45, 7) is 4.12. The minimum atomic E-state index is -1.20. The van der Waals surface area contributed by atoms with Crippen molar-refractivity contribution in [3.8, 4) is 0 Å². The highest BCUT2D eigenvalue weighted by molar-refractivity contribution is 7.80. The maximum Gasteiger partial charge on any atom is 0.244 e. The Hall–Kier alpha value is -5.52. The highest BCUT2D eigenvalue weighted by Gasteiger charge is 2.33. The van der Waals surface area contributed by atoms with E-state index >= 15 is 0 Å². The number of aldehydes is 1. The zero-order valence-electron chi connectivity index (χ0n) is 32.9. The molecular formula is C41H56N10O6S. The number of amides is 5. The van der Waals surface area contributed by atoms with Gasteiger partial charge in [-0.25, -0.2) is 4.98 Å². The molecule has 2 aromatic heterocycles. The average molecular weight is 817 g/mol. The Morgan fingerprint density at radius 2 is 1.40 bits per heavy atom. The molecule has 7 atom stereocenters. The molecule has 0 saturated heterocycles. The molecule has 11 N–H and O–H groups in total. The molecule has 58 heavy (non-hydrogen) atoms. The molecule has 17 heteroatoms. The van der Waals surface area contributed by atoms with Crippen molar-refractivity contribution >= 4 is 59.4 Å². The largest absolute Gasteiger partial charge is 0.361 e. The molecule has 0 fully saturated rings. The van der Waals surface area contributed by atoms with Crippen LogP contribution in [0.3, 0.4) is 0 Å². The van der Waals surface area contributed by atoms with Crippen LogP contribution in [-0.4, -0.2) is 99.3 Å². The summed E-state index contributed by atoms with van der Waals surface area (Å²) in [5.74, 6) is -3.38. The fourth-order valence-corrected chi connectivity index (χ4v) is 6.65. The van der Waals surface area contributed by atoms with E-state index in [1.165, 1.54) is 6.33 Å². The van der Waals surface area contributed by atoms with Crippen LogP contribution in [0.25, 0.3) is 10.9 Å². The molecule has 2 heterocycles. The fraction of sp³-hybridized carbons (Fsp3) is 0.439. The molecule has 4 aromatic rings. The molecule has 2 aromatic carbocycles. The zero-order chi connectivity index (χ0) is 42.0. The standard InChI is InChI=1S/C41H56N10O6S/c1-3-25(2)35(22-52)50-40(56)34(18-27-20-45-31-14-8-7-13-29(27)31)49-39(55)33(17-26-11-5-4-6-12-26)48-38(54)32(15-9-10-16-42)47-41(57)36(23-58)51-37(53)30(43)19-28-21-44-24-46-28/h4-8,11-14,20-22,24-25,30,32-36,45,58H,3,9-10,15-19,23,42-43H2,1-2H3,(H,44,46)(H,47,57)(H,48,54)(H,49,55)(H,50,56)(H,51,53)/t25-,30-,32-,33-,34-,35+,36-/m0/s1. The number of nitrogens with two attached hydrogens (primary N) is 2. The molecule has 0 aliphatic carbocycles. The van der Waals surface area contributed by atoms with Crippen LogP contribution >= 0.6 is 12.6 Å². The van der Waals surface area contributed by atoms with Gasteiger partial charge in [-0.15, -0.1) is 0 Å². The number of imidazole rings is 1. The number of aromatic nitrogens is 3. The second kappa shape index (κ2) is 23.0. The van der Waals surface area contributed by atoms with Crippen molar-refractivity contribution in [1.82, 2.24) is 41.5 Å². The number of aromatic amines is 2. The van der Waals surface area contributed by atoms with Crippen LogP contribution < -0.4 is 38.1 Å². The normalized spacial score (nSPS) is 14.8. The fourth-order valence-electron chi connectivity index (χ4n) is 6.40. The van der Waals surface area contributed by atoms with Crippen molar-refractivity contribution in [2.75, 3.05) is 12.3 Å². The first-order valence-corrected chi connectivity index (χ1v) is 20.2.